The van der Waals surface area contributed by atoms with Gasteiger partial charge in [0.25, 0.3) is 0 Å². The molecule has 0 N–H and O–H groups in total. The predicted molar refractivity (Wildman–Crippen MR) is 103 cm³/mol. The minimum atomic E-state index is -0.473. The lowest BCUT2D eigenvalue weighted by atomic mass is 10.2. The maximum Gasteiger partial charge on any atom is 0.410 e. The molecule has 26 heavy (non-hydrogen) atoms. The second-order valence-corrected chi connectivity index (χ2v) is 7.64. The van der Waals surface area contributed by atoms with Gasteiger partial charge in [0.2, 0.25) is 0 Å². The van der Waals surface area contributed by atoms with Crippen molar-refractivity contribution < 1.29 is 19.0 Å². The molecule has 1 aliphatic rings. The molecule has 2 rings (SSSR count). The molecule has 5 nitrogen and oxygen atoms in total. The Balaban J connectivity index is 1.82. The Bertz CT molecular complexity index is 603. The average molecular weight is 361 g/mol. The van der Waals surface area contributed by atoms with Crippen LogP contribution in [-0.2, 0) is 9.47 Å². The summed E-state index contributed by atoms with van der Waals surface area (Å²) in [6.07, 6.45) is 5.72. The molecule has 1 amide bonds. The molecular weight excluding hydrogens is 330 g/mol. The summed E-state index contributed by atoms with van der Waals surface area (Å²) in [4.78, 5) is 14.1. The SMILES string of the molecule is COc1ccc(/C=C/C(C)OC[C@@H]2CCCN2C(=O)OC(C)(C)C)cc1. The molecule has 2 atom stereocenters. The van der Waals surface area contributed by atoms with Crippen LogP contribution in [0, 0.1) is 0 Å². The number of rotatable bonds is 6. The number of hydrogen-bond acceptors (Lipinski definition) is 4. The van der Waals surface area contributed by atoms with Gasteiger partial charge in [-0.05, 0) is 58.2 Å². The molecule has 1 fully saturated rings. The van der Waals surface area contributed by atoms with Crippen molar-refractivity contribution in [2.24, 2.45) is 0 Å². The Kier molecular flexibility index (Phi) is 7.09. The molecule has 1 saturated heterocycles. The van der Waals surface area contributed by atoms with E-state index in [4.69, 9.17) is 14.2 Å². The van der Waals surface area contributed by atoms with Crippen LogP contribution in [0.25, 0.3) is 6.08 Å². The van der Waals surface area contributed by atoms with Crippen molar-refractivity contribution in [3.8, 4) is 5.75 Å². The first-order valence-electron chi connectivity index (χ1n) is 9.22. The molecule has 0 radical (unpaired) electrons. The van der Waals surface area contributed by atoms with Gasteiger partial charge in [-0.2, -0.15) is 0 Å². The van der Waals surface area contributed by atoms with Crippen molar-refractivity contribution >= 4 is 12.2 Å². The lowest BCUT2D eigenvalue weighted by Gasteiger charge is -2.29. The Morgan fingerprint density at radius 2 is 2.00 bits per heavy atom. The smallest absolute Gasteiger partial charge is 0.410 e. The van der Waals surface area contributed by atoms with Crippen molar-refractivity contribution in [1.29, 1.82) is 0 Å². The normalized spacial score (nSPS) is 19.0. The van der Waals surface area contributed by atoms with E-state index >= 15 is 0 Å². The third-order valence-electron chi connectivity index (χ3n) is 4.23. The highest BCUT2D eigenvalue weighted by Gasteiger charge is 2.32. The summed E-state index contributed by atoms with van der Waals surface area (Å²) < 4.78 is 16.6. The Hall–Kier alpha value is -2.01. The zero-order chi connectivity index (χ0) is 19.2. The van der Waals surface area contributed by atoms with Crippen LogP contribution < -0.4 is 4.74 Å². The van der Waals surface area contributed by atoms with Crippen LogP contribution in [0.15, 0.2) is 30.3 Å². The minimum absolute atomic E-state index is 0.0295. The van der Waals surface area contributed by atoms with E-state index in [1.54, 1.807) is 12.0 Å². The summed E-state index contributed by atoms with van der Waals surface area (Å²) >= 11 is 0. The van der Waals surface area contributed by atoms with Crippen LogP contribution in [0.1, 0.15) is 46.1 Å². The topological polar surface area (TPSA) is 48.0 Å². The van der Waals surface area contributed by atoms with Crippen LogP contribution in [-0.4, -0.2) is 49.0 Å². The molecule has 1 heterocycles. The summed E-state index contributed by atoms with van der Waals surface area (Å²) in [6, 6.07) is 7.96. The Morgan fingerprint density at radius 3 is 2.62 bits per heavy atom. The summed E-state index contributed by atoms with van der Waals surface area (Å²) in [5.41, 5.74) is 0.622. The summed E-state index contributed by atoms with van der Waals surface area (Å²) in [7, 11) is 1.66. The van der Waals surface area contributed by atoms with E-state index in [1.807, 2.05) is 64.1 Å². The standard InChI is InChI=1S/C21H31NO4/c1-16(8-9-17-10-12-19(24-5)13-11-17)25-15-18-7-6-14-22(18)20(23)26-21(2,3)4/h8-13,16,18H,6-7,14-15H2,1-5H3/b9-8+/t16?,18-/m0/s1. The van der Waals surface area contributed by atoms with Gasteiger partial charge in [-0.3, -0.25) is 0 Å². The second kappa shape index (κ2) is 9.08. The summed E-state index contributed by atoms with van der Waals surface area (Å²) in [6.45, 7) is 8.93. The molecule has 1 aromatic rings. The largest absolute Gasteiger partial charge is 0.497 e. The number of benzene rings is 1. The first-order chi connectivity index (χ1) is 12.3. The monoisotopic (exact) mass is 361 g/mol. The highest BCUT2D eigenvalue weighted by atomic mass is 16.6. The first-order valence-corrected chi connectivity index (χ1v) is 9.22. The van der Waals surface area contributed by atoms with Crippen LogP contribution in [0.4, 0.5) is 4.79 Å². The van der Waals surface area contributed by atoms with Crippen LogP contribution in [0.2, 0.25) is 0 Å². The van der Waals surface area contributed by atoms with Gasteiger partial charge in [-0.15, -0.1) is 0 Å². The van der Waals surface area contributed by atoms with Gasteiger partial charge in [0.1, 0.15) is 11.4 Å². The molecule has 1 aromatic carbocycles. The second-order valence-electron chi connectivity index (χ2n) is 7.64. The van der Waals surface area contributed by atoms with E-state index < -0.39 is 5.60 Å². The number of likely N-dealkylation sites (tertiary alicyclic amines) is 1. The van der Waals surface area contributed by atoms with E-state index in [-0.39, 0.29) is 18.2 Å². The van der Waals surface area contributed by atoms with Crippen molar-refractivity contribution in [3.63, 3.8) is 0 Å². The minimum Gasteiger partial charge on any atom is -0.497 e. The number of carbonyl (C=O) groups excluding carboxylic acids is 1. The number of nitrogens with zero attached hydrogens (tertiary/aromatic N) is 1. The average Bonchev–Trinajstić information content (AvgIpc) is 3.06. The number of carbonyl (C=O) groups is 1. The van der Waals surface area contributed by atoms with Crippen molar-refractivity contribution in [1.82, 2.24) is 4.90 Å². The van der Waals surface area contributed by atoms with Gasteiger partial charge in [0.15, 0.2) is 0 Å². The molecular formula is C21H31NO4. The quantitative estimate of drug-likeness (QED) is 0.748. The van der Waals surface area contributed by atoms with Crippen molar-refractivity contribution in [3.05, 3.63) is 35.9 Å². The number of ether oxygens (including phenoxy) is 3. The van der Waals surface area contributed by atoms with E-state index in [0.29, 0.717) is 6.61 Å². The molecule has 0 saturated carbocycles. The van der Waals surface area contributed by atoms with E-state index in [0.717, 1.165) is 30.7 Å². The number of amides is 1. The molecule has 1 unspecified atom stereocenters. The Morgan fingerprint density at radius 1 is 1.31 bits per heavy atom. The summed E-state index contributed by atoms with van der Waals surface area (Å²) in [5, 5.41) is 0. The molecule has 0 aliphatic carbocycles. The molecule has 0 spiro atoms. The lowest BCUT2D eigenvalue weighted by Crippen LogP contribution is -2.42. The Labute approximate surface area is 156 Å². The van der Waals surface area contributed by atoms with Crippen LogP contribution in [0.3, 0.4) is 0 Å². The fraction of sp³-hybridized carbons (Fsp3) is 0.571. The molecule has 144 valence electrons. The molecule has 0 aromatic heterocycles. The lowest BCUT2D eigenvalue weighted by molar-refractivity contribution is 0.00563. The van der Waals surface area contributed by atoms with Crippen LogP contribution >= 0.6 is 0 Å². The zero-order valence-corrected chi connectivity index (χ0v) is 16.5. The van der Waals surface area contributed by atoms with Gasteiger partial charge >= 0.3 is 6.09 Å². The van der Waals surface area contributed by atoms with Gasteiger partial charge in [-0.25, -0.2) is 4.79 Å². The predicted octanol–water partition coefficient (Wildman–Crippen LogP) is 4.51. The van der Waals surface area contributed by atoms with Crippen molar-refractivity contribution in [2.45, 2.75) is 58.3 Å². The van der Waals surface area contributed by atoms with E-state index in [1.165, 1.54) is 0 Å². The number of hydrogen-bond donors (Lipinski definition) is 0. The van der Waals surface area contributed by atoms with Gasteiger partial charge in [0.05, 0.1) is 25.9 Å². The zero-order valence-electron chi connectivity index (χ0n) is 16.5. The summed E-state index contributed by atoms with van der Waals surface area (Å²) in [5.74, 6) is 0.843. The maximum absolute atomic E-state index is 12.3. The van der Waals surface area contributed by atoms with Crippen molar-refractivity contribution in [2.75, 3.05) is 20.3 Å². The third kappa shape index (κ3) is 6.37. The maximum atomic E-state index is 12.3. The third-order valence-corrected chi connectivity index (χ3v) is 4.23. The highest BCUT2D eigenvalue weighted by Crippen LogP contribution is 2.21. The first kappa shape index (κ1) is 20.3. The molecule has 1 aliphatic heterocycles. The highest BCUT2D eigenvalue weighted by molar-refractivity contribution is 5.69. The molecule has 5 heteroatoms. The van der Waals surface area contributed by atoms with Crippen LogP contribution in [0.5, 0.6) is 5.75 Å². The fourth-order valence-corrected chi connectivity index (χ4v) is 2.85. The van der Waals surface area contributed by atoms with Gasteiger partial charge in [0, 0.05) is 6.54 Å². The fourth-order valence-electron chi connectivity index (χ4n) is 2.85. The van der Waals surface area contributed by atoms with E-state index in [2.05, 4.69) is 0 Å². The van der Waals surface area contributed by atoms with Gasteiger partial charge in [-0.1, -0.05) is 24.3 Å². The molecule has 0 bridgehead atoms. The van der Waals surface area contributed by atoms with Gasteiger partial charge < -0.3 is 19.1 Å². The number of methoxy groups -OCH3 is 1. The van der Waals surface area contributed by atoms with E-state index in [9.17, 15) is 4.79 Å².